The Balaban J connectivity index is 1.56. The highest BCUT2D eigenvalue weighted by atomic mass is 35.5. The SMILES string of the molecule is COc1cc2cc(Cl)c(Nc3ccc(Oc4ccccc4OC)cc3)nc2cc1OC. The van der Waals surface area contributed by atoms with Crippen molar-refractivity contribution in [2.75, 3.05) is 26.6 Å². The number of nitrogens with zero attached hydrogens (tertiary/aromatic N) is 1. The Morgan fingerprint density at radius 1 is 0.742 bits per heavy atom. The zero-order valence-corrected chi connectivity index (χ0v) is 18.1. The minimum atomic E-state index is 0.495. The Bertz CT molecular complexity index is 1210. The first kappa shape index (κ1) is 20.6. The van der Waals surface area contributed by atoms with Gasteiger partial charge in [-0.1, -0.05) is 23.7 Å². The van der Waals surface area contributed by atoms with Crippen LogP contribution in [-0.2, 0) is 0 Å². The molecule has 1 heterocycles. The maximum atomic E-state index is 6.46. The van der Waals surface area contributed by atoms with Gasteiger partial charge >= 0.3 is 0 Å². The number of rotatable bonds is 7. The summed E-state index contributed by atoms with van der Waals surface area (Å²) in [6.45, 7) is 0. The van der Waals surface area contributed by atoms with Crippen LogP contribution in [0.5, 0.6) is 28.7 Å². The molecule has 31 heavy (non-hydrogen) atoms. The van der Waals surface area contributed by atoms with E-state index < -0.39 is 0 Å². The molecule has 4 rings (SSSR count). The summed E-state index contributed by atoms with van der Waals surface area (Å²) in [7, 11) is 4.80. The van der Waals surface area contributed by atoms with Crippen molar-refractivity contribution in [2.24, 2.45) is 0 Å². The van der Waals surface area contributed by atoms with Crippen LogP contribution in [0.4, 0.5) is 11.5 Å². The molecular formula is C24H21ClN2O4. The lowest BCUT2D eigenvalue weighted by molar-refractivity contribution is 0.356. The lowest BCUT2D eigenvalue weighted by atomic mass is 10.2. The Labute approximate surface area is 185 Å². The van der Waals surface area contributed by atoms with E-state index in [2.05, 4.69) is 10.3 Å². The number of benzene rings is 3. The molecule has 7 heteroatoms. The fourth-order valence-electron chi connectivity index (χ4n) is 3.14. The van der Waals surface area contributed by atoms with Crippen molar-refractivity contribution in [3.8, 4) is 28.7 Å². The van der Waals surface area contributed by atoms with Crippen LogP contribution in [0, 0.1) is 0 Å². The van der Waals surface area contributed by atoms with Crippen molar-refractivity contribution in [2.45, 2.75) is 0 Å². The van der Waals surface area contributed by atoms with Gasteiger partial charge in [0, 0.05) is 17.1 Å². The summed E-state index contributed by atoms with van der Waals surface area (Å²) in [6, 6.07) is 20.5. The molecule has 0 radical (unpaired) electrons. The molecule has 0 bridgehead atoms. The predicted octanol–water partition coefficient (Wildman–Crippen LogP) is 6.45. The van der Waals surface area contributed by atoms with Crippen LogP contribution < -0.4 is 24.3 Å². The molecule has 4 aromatic rings. The standard InChI is InChI=1S/C24H21ClN2O4/c1-28-20-6-4-5-7-21(20)31-17-10-8-16(9-11-17)26-24-18(25)12-15-13-22(29-2)23(30-3)14-19(15)27-24/h4-14H,1-3H3,(H,26,27). The molecule has 0 aliphatic heterocycles. The van der Waals surface area contributed by atoms with Gasteiger partial charge in [-0.3, -0.25) is 0 Å². The van der Waals surface area contributed by atoms with Crippen molar-refractivity contribution >= 4 is 34.0 Å². The summed E-state index contributed by atoms with van der Waals surface area (Å²) in [5.41, 5.74) is 1.56. The van der Waals surface area contributed by atoms with Gasteiger partial charge in [0.2, 0.25) is 0 Å². The van der Waals surface area contributed by atoms with Gasteiger partial charge in [0.1, 0.15) is 11.6 Å². The maximum Gasteiger partial charge on any atom is 0.169 e. The Morgan fingerprint density at radius 2 is 1.39 bits per heavy atom. The van der Waals surface area contributed by atoms with E-state index in [1.165, 1.54) is 0 Å². The lowest BCUT2D eigenvalue weighted by Crippen LogP contribution is -1.97. The third-order valence-corrected chi connectivity index (χ3v) is 4.98. The molecule has 0 spiro atoms. The number of methoxy groups -OCH3 is 3. The predicted molar refractivity (Wildman–Crippen MR) is 123 cm³/mol. The van der Waals surface area contributed by atoms with E-state index in [-0.39, 0.29) is 0 Å². The fourth-order valence-corrected chi connectivity index (χ4v) is 3.34. The first-order chi connectivity index (χ1) is 15.1. The number of hydrogen-bond acceptors (Lipinski definition) is 6. The highest BCUT2D eigenvalue weighted by Crippen LogP contribution is 2.36. The molecule has 3 aromatic carbocycles. The topological polar surface area (TPSA) is 61.8 Å². The zero-order valence-electron chi connectivity index (χ0n) is 17.3. The Morgan fingerprint density at radius 3 is 2.06 bits per heavy atom. The van der Waals surface area contributed by atoms with E-state index in [9.17, 15) is 0 Å². The van der Waals surface area contributed by atoms with Gasteiger partial charge in [-0.15, -0.1) is 0 Å². The van der Waals surface area contributed by atoms with Crippen molar-refractivity contribution in [3.63, 3.8) is 0 Å². The summed E-state index contributed by atoms with van der Waals surface area (Å²) in [4.78, 5) is 4.64. The third-order valence-electron chi connectivity index (χ3n) is 4.69. The second-order valence-electron chi connectivity index (χ2n) is 6.62. The van der Waals surface area contributed by atoms with Gasteiger partial charge in [0.05, 0.1) is 31.9 Å². The van der Waals surface area contributed by atoms with Crippen LogP contribution in [0.1, 0.15) is 0 Å². The summed E-state index contributed by atoms with van der Waals surface area (Å²) < 4.78 is 22.0. The minimum absolute atomic E-state index is 0.495. The van der Waals surface area contributed by atoms with Crippen molar-refractivity contribution in [1.29, 1.82) is 0 Å². The average Bonchev–Trinajstić information content (AvgIpc) is 2.80. The molecule has 0 fully saturated rings. The smallest absolute Gasteiger partial charge is 0.169 e. The number of nitrogens with one attached hydrogen (secondary N) is 1. The van der Waals surface area contributed by atoms with E-state index in [0.29, 0.717) is 39.6 Å². The summed E-state index contributed by atoms with van der Waals surface area (Å²) in [6.07, 6.45) is 0. The van der Waals surface area contributed by atoms with Gasteiger partial charge in [-0.25, -0.2) is 4.98 Å². The van der Waals surface area contributed by atoms with Crippen LogP contribution in [0.25, 0.3) is 10.9 Å². The number of ether oxygens (including phenoxy) is 4. The largest absolute Gasteiger partial charge is 0.493 e. The third kappa shape index (κ3) is 4.44. The number of halogens is 1. The Kier molecular flexibility index (Phi) is 6.00. The molecular weight excluding hydrogens is 416 g/mol. The van der Waals surface area contributed by atoms with Gasteiger partial charge in [0.15, 0.2) is 23.0 Å². The molecule has 0 amide bonds. The van der Waals surface area contributed by atoms with Crippen LogP contribution in [-0.4, -0.2) is 26.3 Å². The van der Waals surface area contributed by atoms with Crippen LogP contribution in [0.3, 0.4) is 0 Å². The summed E-state index contributed by atoms with van der Waals surface area (Å²) in [5, 5.41) is 4.60. The van der Waals surface area contributed by atoms with E-state index in [1.807, 2.05) is 66.7 Å². The minimum Gasteiger partial charge on any atom is -0.493 e. The first-order valence-corrected chi connectivity index (χ1v) is 9.89. The molecule has 1 N–H and O–H groups in total. The summed E-state index contributed by atoms with van der Waals surface area (Å²) >= 11 is 6.46. The molecule has 0 atom stereocenters. The van der Waals surface area contributed by atoms with Crippen molar-refractivity contribution in [1.82, 2.24) is 4.98 Å². The average molecular weight is 437 g/mol. The molecule has 0 saturated heterocycles. The quantitative estimate of drug-likeness (QED) is 0.359. The molecule has 158 valence electrons. The number of pyridine rings is 1. The van der Waals surface area contributed by atoms with Crippen LogP contribution >= 0.6 is 11.6 Å². The highest BCUT2D eigenvalue weighted by molar-refractivity contribution is 6.33. The second kappa shape index (κ2) is 9.02. The second-order valence-corrected chi connectivity index (χ2v) is 7.03. The van der Waals surface area contributed by atoms with Crippen LogP contribution in [0.15, 0.2) is 66.7 Å². The molecule has 0 saturated carbocycles. The number of fused-ring (bicyclic) bond motifs is 1. The van der Waals surface area contributed by atoms with Gasteiger partial charge in [-0.2, -0.15) is 0 Å². The monoisotopic (exact) mass is 436 g/mol. The number of aromatic nitrogens is 1. The summed E-state index contributed by atoms with van der Waals surface area (Å²) in [5.74, 6) is 3.77. The molecule has 1 aromatic heterocycles. The lowest BCUT2D eigenvalue weighted by Gasteiger charge is -2.13. The molecule has 0 aliphatic carbocycles. The van der Waals surface area contributed by atoms with Gasteiger partial charge < -0.3 is 24.3 Å². The highest BCUT2D eigenvalue weighted by Gasteiger charge is 2.11. The Hall–Kier alpha value is -3.64. The van der Waals surface area contributed by atoms with Crippen molar-refractivity contribution in [3.05, 3.63) is 71.8 Å². The number of hydrogen-bond donors (Lipinski definition) is 1. The first-order valence-electron chi connectivity index (χ1n) is 9.51. The molecule has 6 nitrogen and oxygen atoms in total. The van der Waals surface area contributed by atoms with Crippen LogP contribution in [0.2, 0.25) is 5.02 Å². The van der Waals surface area contributed by atoms with E-state index in [0.717, 1.165) is 16.6 Å². The van der Waals surface area contributed by atoms with E-state index in [1.54, 1.807) is 21.3 Å². The number of anilines is 2. The van der Waals surface area contributed by atoms with Crippen molar-refractivity contribution < 1.29 is 18.9 Å². The van der Waals surface area contributed by atoms with Gasteiger partial charge in [-0.05, 0) is 48.5 Å². The van der Waals surface area contributed by atoms with Gasteiger partial charge in [0.25, 0.3) is 0 Å². The maximum absolute atomic E-state index is 6.46. The normalized spacial score (nSPS) is 10.6. The fraction of sp³-hybridized carbons (Fsp3) is 0.125. The molecule has 0 aliphatic rings. The molecule has 0 unspecified atom stereocenters. The van der Waals surface area contributed by atoms with E-state index in [4.69, 9.17) is 30.5 Å². The van der Waals surface area contributed by atoms with E-state index >= 15 is 0 Å². The zero-order chi connectivity index (χ0) is 21.8. The number of para-hydroxylation sites is 2.